The Labute approximate surface area is 102 Å². The van der Waals surface area contributed by atoms with Gasteiger partial charge in [0.05, 0.1) is 13.2 Å². The Morgan fingerprint density at radius 3 is 2.71 bits per heavy atom. The summed E-state index contributed by atoms with van der Waals surface area (Å²) in [6, 6.07) is 5.89. The quantitative estimate of drug-likeness (QED) is 0.850. The highest BCUT2D eigenvalue weighted by atomic mass is 16.5. The van der Waals surface area contributed by atoms with Crippen LogP contribution < -0.4 is 10.1 Å². The van der Waals surface area contributed by atoms with Crippen molar-refractivity contribution >= 4 is 5.91 Å². The first kappa shape index (κ1) is 11.9. The van der Waals surface area contributed by atoms with E-state index in [0.29, 0.717) is 11.6 Å². The van der Waals surface area contributed by atoms with Gasteiger partial charge >= 0.3 is 0 Å². The van der Waals surface area contributed by atoms with Gasteiger partial charge < -0.3 is 15.0 Å². The summed E-state index contributed by atoms with van der Waals surface area (Å²) in [6.07, 6.45) is 0. The number of ether oxygens (including phenoxy) is 1. The molecule has 0 atom stereocenters. The van der Waals surface area contributed by atoms with Gasteiger partial charge in [0.25, 0.3) is 5.91 Å². The van der Waals surface area contributed by atoms with Crippen molar-refractivity contribution in [1.29, 1.82) is 0 Å². The number of nitrogens with zero attached hydrogens (tertiary/aromatic N) is 1. The van der Waals surface area contributed by atoms with Crippen LogP contribution in [0.1, 0.15) is 15.9 Å². The summed E-state index contributed by atoms with van der Waals surface area (Å²) in [5.74, 6) is 0.811. The molecular weight excluding hydrogens is 216 g/mol. The largest absolute Gasteiger partial charge is 0.496 e. The van der Waals surface area contributed by atoms with Crippen molar-refractivity contribution in [2.75, 3.05) is 27.2 Å². The van der Waals surface area contributed by atoms with Gasteiger partial charge in [-0.1, -0.05) is 6.07 Å². The Kier molecular flexibility index (Phi) is 3.33. The van der Waals surface area contributed by atoms with Gasteiger partial charge in [-0.25, -0.2) is 0 Å². The lowest BCUT2D eigenvalue weighted by Crippen LogP contribution is -2.57. The van der Waals surface area contributed by atoms with Crippen LogP contribution in [0.5, 0.6) is 5.75 Å². The molecule has 1 fully saturated rings. The van der Waals surface area contributed by atoms with Gasteiger partial charge in [-0.15, -0.1) is 0 Å². The molecule has 0 unspecified atom stereocenters. The minimum Gasteiger partial charge on any atom is -0.496 e. The van der Waals surface area contributed by atoms with Gasteiger partial charge in [-0.05, 0) is 24.6 Å². The number of hydrogen-bond donors (Lipinski definition) is 1. The maximum absolute atomic E-state index is 12.2. The molecule has 17 heavy (non-hydrogen) atoms. The van der Waals surface area contributed by atoms with Gasteiger partial charge in [0, 0.05) is 25.7 Å². The standard InChI is InChI=1S/C13H18N2O2/c1-9-4-5-10(6-12(9)17-3)13(16)15(2)11-7-14-8-11/h4-6,11,14H,7-8H2,1-3H3. The normalized spacial score (nSPS) is 15.2. The molecule has 1 aliphatic heterocycles. The van der Waals surface area contributed by atoms with Crippen LogP contribution in [0.25, 0.3) is 0 Å². The molecule has 1 aromatic rings. The highest BCUT2D eigenvalue weighted by Gasteiger charge is 2.26. The molecule has 4 heteroatoms. The van der Waals surface area contributed by atoms with Crippen LogP contribution in [0.15, 0.2) is 18.2 Å². The van der Waals surface area contributed by atoms with Gasteiger partial charge in [-0.3, -0.25) is 4.79 Å². The SMILES string of the molecule is COc1cc(C(=O)N(C)C2CNC2)ccc1C. The average Bonchev–Trinajstić information content (AvgIpc) is 2.26. The third-order valence-corrected chi connectivity index (χ3v) is 3.28. The maximum Gasteiger partial charge on any atom is 0.254 e. The summed E-state index contributed by atoms with van der Waals surface area (Å²) in [5.41, 5.74) is 1.72. The number of rotatable bonds is 3. The molecule has 2 rings (SSSR count). The summed E-state index contributed by atoms with van der Waals surface area (Å²) >= 11 is 0. The molecular formula is C13H18N2O2. The minimum absolute atomic E-state index is 0.0507. The van der Waals surface area contributed by atoms with Crippen molar-refractivity contribution in [3.63, 3.8) is 0 Å². The zero-order valence-electron chi connectivity index (χ0n) is 10.5. The van der Waals surface area contributed by atoms with E-state index in [1.165, 1.54) is 0 Å². The number of carbonyl (C=O) groups excluding carboxylic acids is 1. The first-order chi connectivity index (χ1) is 8.13. The number of likely N-dealkylation sites (N-methyl/N-ethyl adjacent to an activating group) is 1. The Bertz CT molecular complexity index is 427. The van der Waals surface area contributed by atoms with Gasteiger partial charge in [0.1, 0.15) is 5.75 Å². The molecule has 1 aliphatic rings. The lowest BCUT2D eigenvalue weighted by atomic mass is 10.1. The summed E-state index contributed by atoms with van der Waals surface area (Å²) in [4.78, 5) is 14.0. The number of benzene rings is 1. The zero-order valence-corrected chi connectivity index (χ0v) is 10.5. The van der Waals surface area contributed by atoms with Crippen molar-refractivity contribution in [3.8, 4) is 5.75 Å². The number of amides is 1. The van der Waals surface area contributed by atoms with Crippen LogP contribution in [0.4, 0.5) is 0 Å². The summed E-state index contributed by atoms with van der Waals surface area (Å²) in [5, 5.41) is 3.16. The summed E-state index contributed by atoms with van der Waals surface area (Å²) in [6.45, 7) is 3.73. The molecule has 0 aliphatic carbocycles. The van der Waals surface area contributed by atoms with Crippen LogP contribution in [-0.2, 0) is 0 Å². The molecule has 1 saturated heterocycles. The van der Waals surface area contributed by atoms with Gasteiger partial charge in [-0.2, -0.15) is 0 Å². The minimum atomic E-state index is 0.0507. The molecule has 0 spiro atoms. The van der Waals surface area contributed by atoms with E-state index in [4.69, 9.17) is 4.74 Å². The predicted molar refractivity (Wildman–Crippen MR) is 66.5 cm³/mol. The fourth-order valence-electron chi connectivity index (χ4n) is 1.87. The van der Waals surface area contributed by atoms with Gasteiger partial charge in [0.15, 0.2) is 0 Å². The number of nitrogens with one attached hydrogen (secondary N) is 1. The number of aryl methyl sites for hydroxylation is 1. The second-order valence-electron chi connectivity index (χ2n) is 4.41. The second kappa shape index (κ2) is 4.75. The van der Waals surface area contributed by atoms with E-state index in [1.54, 1.807) is 18.1 Å². The van der Waals surface area contributed by atoms with Crippen LogP contribution in [0.3, 0.4) is 0 Å². The van der Waals surface area contributed by atoms with Crippen LogP contribution in [0, 0.1) is 6.92 Å². The van der Waals surface area contributed by atoms with Crippen molar-refractivity contribution in [2.24, 2.45) is 0 Å². The van der Waals surface area contributed by atoms with Gasteiger partial charge in [0.2, 0.25) is 0 Å². The summed E-state index contributed by atoms with van der Waals surface area (Å²) < 4.78 is 5.23. The molecule has 0 aromatic heterocycles. The average molecular weight is 234 g/mol. The molecule has 0 bridgehead atoms. The predicted octanol–water partition coefficient (Wildman–Crippen LogP) is 1.05. The van der Waals surface area contributed by atoms with E-state index in [1.807, 2.05) is 26.1 Å². The van der Waals surface area contributed by atoms with Crippen LogP contribution >= 0.6 is 0 Å². The number of hydrogen-bond acceptors (Lipinski definition) is 3. The van der Waals surface area contributed by atoms with Crippen molar-refractivity contribution in [1.82, 2.24) is 10.2 Å². The van der Waals surface area contributed by atoms with E-state index in [2.05, 4.69) is 5.32 Å². The molecule has 1 amide bonds. The van der Waals surface area contributed by atoms with E-state index in [9.17, 15) is 4.79 Å². The van der Waals surface area contributed by atoms with Crippen molar-refractivity contribution < 1.29 is 9.53 Å². The lowest BCUT2D eigenvalue weighted by molar-refractivity contribution is 0.0681. The first-order valence-electron chi connectivity index (χ1n) is 5.76. The van der Waals surface area contributed by atoms with E-state index < -0.39 is 0 Å². The van der Waals surface area contributed by atoms with Crippen molar-refractivity contribution in [2.45, 2.75) is 13.0 Å². The Morgan fingerprint density at radius 1 is 1.47 bits per heavy atom. The molecule has 1 aromatic carbocycles. The Morgan fingerprint density at radius 2 is 2.18 bits per heavy atom. The lowest BCUT2D eigenvalue weighted by Gasteiger charge is -2.35. The number of carbonyl (C=O) groups is 1. The van der Waals surface area contributed by atoms with Crippen LogP contribution in [-0.4, -0.2) is 44.1 Å². The zero-order chi connectivity index (χ0) is 12.4. The van der Waals surface area contributed by atoms with E-state index >= 15 is 0 Å². The molecule has 1 heterocycles. The Hall–Kier alpha value is -1.55. The summed E-state index contributed by atoms with van der Waals surface area (Å²) in [7, 11) is 3.47. The molecule has 4 nitrogen and oxygen atoms in total. The second-order valence-corrected chi connectivity index (χ2v) is 4.41. The van der Waals surface area contributed by atoms with E-state index in [0.717, 1.165) is 24.4 Å². The topological polar surface area (TPSA) is 41.6 Å². The molecule has 0 saturated carbocycles. The number of methoxy groups -OCH3 is 1. The molecule has 0 radical (unpaired) electrons. The molecule has 92 valence electrons. The molecule has 1 N–H and O–H groups in total. The van der Waals surface area contributed by atoms with E-state index in [-0.39, 0.29) is 5.91 Å². The fourth-order valence-corrected chi connectivity index (χ4v) is 1.87. The van der Waals surface area contributed by atoms with Crippen molar-refractivity contribution in [3.05, 3.63) is 29.3 Å². The third-order valence-electron chi connectivity index (χ3n) is 3.28. The smallest absolute Gasteiger partial charge is 0.254 e. The van der Waals surface area contributed by atoms with Crippen LogP contribution in [0.2, 0.25) is 0 Å². The first-order valence-corrected chi connectivity index (χ1v) is 5.76. The maximum atomic E-state index is 12.2. The highest BCUT2D eigenvalue weighted by Crippen LogP contribution is 2.20. The monoisotopic (exact) mass is 234 g/mol. The third kappa shape index (κ3) is 2.26. The fraction of sp³-hybridized carbons (Fsp3) is 0.462. The highest BCUT2D eigenvalue weighted by molar-refractivity contribution is 5.94. The Balaban J connectivity index is 2.18.